The number of amides is 1. The highest BCUT2D eigenvalue weighted by Gasteiger charge is 2.12. The third-order valence-electron chi connectivity index (χ3n) is 2.91. The number of nitrogens with zero attached hydrogens (tertiary/aromatic N) is 1. The van der Waals surface area contributed by atoms with E-state index in [-0.39, 0.29) is 16.5 Å². The monoisotopic (exact) mass is 320 g/mol. The fourth-order valence-corrected chi connectivity index (χ4v) is 3.08. The van der Waals surface area contributed by atoms with Crippen LogP contribution in [0.3, 0.4) is 0 Å². The van der Waals surface area contributed by atoms with Gasteiger partial charge in [0, 0.05) is 0 Å². The lowest BCUT2D eigenvalue weighted by Gasteiger charge is -2.05. The Balaban J connectivity index is 1.73. The van der Waals surface area contributed by atoms with Crippen LogP contribution in [0, 0.1) is 5.82 Å². The van der Waals surface area contributed by atoms with Crippen LogP contribution >= 0.6 is 22.9 Å². The number of hydrogen-bond donors (Lipinski definition) is 1. The van der Waals surface area contributed by atoms with Gasteiger partial charge < -0.3 is 5.32 Å². The molecule has 0 spiro atoms. The molecule has 0 fully saturated rings. The van der Waals surface area contributed by atoms with Crippen LogP contribution in [0.4, 0.5) is 4.39 Å². The van der Waals surface area contributed by atoms with Gasteiger partial charge in [0.1, 0.15) is 10.8 Å². The molecule has 1 N–H and O–H groups in total. The molecule has 0 radical (unpaired) electrons. The predicted octanol–water partition coefficient (Wildman–Crippen LogP) is 4.02. The van der Waals surface area contributed by atoms with Crippen LogP contribution in [0.5, 0.6) is 0 Å². The second-order valence-corrected chi connectivity index (χ2v) is 5.90. The van der Waals surface area contributed by atoms with E-state index in [1.165, 1.54) is 23.5 Å². The first-order valence-corrected chi connectivity index (χ1v) is 7.40. The first kappa shape index (κ1) is 14.0. The van der Waals surface area contributed by atoms with Crippen LogP contribution in [0.25, 0.3) is 10.2 Å². The van der Waals surface area contributed by atoms with E-state index in [0.717, 1.165) is 21.3 Å². The van der Waals surface area contributed by atoms with Gasteiger partial charge in [-0.25, -0.2) is 9.37 Å². The molecule has 0 aliphatic carbocycles. The number of fused-ring (bicyclic) bond motifs is 1. The summed E-state index contributed by atoms with van der Waals surface area (Å²) in [6.07, 6.45) is 0. The zero-order chi connectivity index (χ0) is 14.8. The van der Waals surface area contributed by atoms with Gasteiger partial charge in [-0.3, -0.25) is 4.79 Å². The Hall–Kier alpha value is -1.98. The summed E-state index contributed by atoms with van der Waals surface area (Å²) in [6, 6.07) is 11.5. The van der Waals surface area contributed by atoms with Crippen LogP contribution in [0.1, 0.15) is 15.4 Å². The number of thiazole rings is 1. The number of aromatic nitrogens is 1. The number of rotatable bonds is 3. The van der Waals surface area contributed by atoms with Crippen molar-refractivity contribution in [3.63, 3.8) is 0 Å². The molecule has 0 aliphatic heterocycles. The number of nitrogens with one attached hydrogen (secondary N) is 1. The molecular weight excluding hydrogens is 311 g/mol. The molecule has 1 heterocycles. The van der Waals surface area contributed by atoms with Crippen molar-refractivity contribution < 1.29 is 9.18 Å². The van der Waals surface area contributed by atoms with Gasteiger partial charge in [-0.1, -0.05) is 23.7 Å². The van der Waals surface area contributed by atoms with Crippen molar-refractivity contribution in [2.75, 3.05) is 0 Å². The lowest BCUT2D eigenvalue weighted by atomic mass is 10.2. The van der Waals surface area contributed by atoms with Crippen molar-refractivity contribution in [2.24, 2.45) is 0 Å². The minimum absolute atomic E-state index is 0.0943. The fraction of sp³-hybridized carbons (Fsp3) is 0.0667. The number of carbonyl (C=O) groups excluding carboxylic acids is 1. The Morgan fingerprint density at radius 2 is 2.10 bits per heavy atom. The quantitative estimate of drug-likeness (QED) is 0.792. The van der Waals surface area contributed by atoms with Crippen molar-refractivity contribution >= 4 is 39.1 Å². The summed E-state index contributed by atoms with van der Waals surface area (Å²) in [5.41, 5.74) is 1.16. The summed E-state index contributed by atoms with van der Waals surface area (Å²) in [5, 5.41) is 3.64. The highest BCUT2D eigenvalue weighted by Crippen LogP contribution is 2.22. The Morgan fingerprint density at radius 3 is 2.86 bits per heavy atom. The van der Waals surface area contributed by atoms with Gasteiger partial charge in [-0.15, -0.1) is 11.3 Å². The molecule has 106 valence electrons. The van der Waals surface area contributed by atoms with Gasteiger partial charge in [0.2, 0.25) is 0 Å². The van der Waals surface area contributed by atoms with E-state index < -0.39 is 5.82 Å². The van der Waals surface area contributed by atoms with Crippen molar-refractivity contribution in [1.82, 2.24) is 10.3 Å². The van der Waals surface area contributed by atoms with Gasteiger partial charge in [-0.2, -0.15) is 0 Å². The van der Waals surface area contributed by atoms with E-state index in [4.69, 9.17) is 11.6 Å². The summed E-state index contributed by atoms with van der Waals surface area (Å²) in [5.74, 6) is -0.818. The number of halogens is 2. The predicted molar refractivity (Wildman–Crippen MR) is 82.2 cm³/mol. The second-order valence-electron chi connectivity index (χ2n) is 4.38. The normalized spacial score (nSPS) is 10.8. The van der Waals surface area contributed by atoms with E-state index >= 15 is 0 Å². The van der Waals surface area contributed by atoms with Crippen molar-refractivity contribution in [3.8, 4) is 0 Å². The molecule has 0 saturated carbocycles. The maximum atomic E-state index is 13.0. The zero-order valence-corrected chi connectivity index (χ0v) is 12.3. The van der Waals surface area contributed by atoms with Crippen LogP contribution in [-0.4, -0.2) is 10.9 Å². The molecule has 0 atom stereocenters. The second kappa shape index (κ2) is 5.79. The lowest BCUT2D eigenvalue weighted by molar-refractivity contribution is 0.0951. The van der Waals surface area contributed by atoms with E-state index in [9.17, 15) is 9.18 Å². The molecule has 6 heteroatoms. The summed E-state index contributed by atoms with van der Waals surface area (Å²) < 4.78 is 14.0. The molecule has 1 amide bonds. The Kier molecular flexibility index (Phi) is 3.86. The summed E-state index contributed by atoms with van der Waals surface area (Å²) in [4.78, 5) is 16.4. The number of hydrogen-bond acceptors (Lipinski definition) is 3. The average Bonchev–Trinajstić information content (AvgIpc) is 2.87. The van der Waals surface area contributed by atoms with Gasteiger partial charge in [0.05, 0.1) is 27.3 Å². The topological polar surface area (TPSA) is 42.0 Å². The smallest absolute Gasteiger partial charge is 0.253 e. The third kappa shape index (κ3) is 3.04. The molecule has 0 aliphatic rings. The molecular formula is C15H10ClFN2OS. The first-order valence-electron chi connectivity index (χ1n) is 6.21. The van der Waals surface area contributed by atoms with Gasteiger partial charge in [0.15, 0.2) is 0 Å². The van der Waals surface area contributed by atoms with Crippen LogP contribution in [-0.2, 0) is 6.54 Å². The molecule has 3 rings (SSSR count). The number of benzene rings is 2. The fourth-order valence-electron chi connectivity index (χ4n) is 1.92. The summed E-state index contributed by atoms with van der Waals surface area (Å²) in [6.45, 7) is 0.311. The largest absolute Gasteiger partial charge is 0.345 e. The van der Waals surface area contributed by atoms with Gasteiger partial charge in [0.25, 0.3) is 5.91 Å². The number of para-hydroxylation sites is 1. The van der Waals surface area contributed by atoms with Crippen molar-refractivity contribution in [2.45, 2.75) is 6.54 Å². The lowest BCUT2D eigenvalue weighted by Crippen LogP contribution is -2.23. The standard InChI is InChI=1S/C15H10ClFN2OS/c16-11-7-9(17)5-6-10(11)15(20)18-8-14-19-12-3-1-2-4-13(12)21-14/h1-7H,8H2,(H,18,20). The molecule has 0 saturated heterocycles. The minimum Gasteiger partial charge on any atom is -0.345 e. The molecule has 3 nitrogen and oxygen atoms in total. The van der Waals surface area contributed by atoms with E-state index in [2.05, 4.69) is 10.3 Å². The highest BCUT2D eigenvalue weighted by atomic mass is 35.5. The van der Waals surface area contributed by atoms with Crippen LogP contribution in [0.15, 0.2) is 42.5 Å². The average molecular weight is 321 g/mol. The maximum Gasteiger partial charge on any atom is 0.253 e. The third-order valence-corrected chi connectivity index (χ3v) is 4.26. The Labute approximate surface area is 129 Å². The molecule has 1 aromatic heterocycles. The number of carbonyl (C=O) groups is 1. The van der Waals surface area contributed by atoms with E-state index in [1.54, 1.807) is 0 Å². The molecule has 0 unspecified atom stereocenters. The molecule has 2 aromatic carbocycles. The van der Waals surface area contributed by atoms with Crippen LogP contribution < -0.4 is 5.32 Å². The molecule has 21 heavy (non-hydrogen) atoms. The van der Waals surface area contributed by atoms with Crippen LogP contribution in [0.2, 0.25) is 5.02 Å². The van der Waals surface area contributed by atoms with E-state index in [0.29, 0.717) is 6.54 Å². The zero-order valence-electron chi connectivity index (χ0n) is 10.8. The van der Waals surface area contributed by atoms with Gasteiger partial charge >= 0.3 is 0 Å². The Bertz CT molecular complexity index is 785. The summed E-state index contributed by atoms with van der Waals surface area (Å²) >= 11 is 7.38. The highest BCUT2D eigenvalue weighted by molar-refractivity contribution is 7.18. The molecule has 0 bridgehead atoms. The SMILES string of the molecule is O=C(NCc1nc2ccccc2s1)c1ccc(F)cc1Cl. The Morgan fingerprint density at radius 1 is 1.29 bits per heavy atom. The maximum absolute atomic E-state index is 13.0. The molecule has 3 aromatic rings. The van der Waals surface area contributed by atoms with E-state index in [1.807, 2.05) is 24.3 Å². The van der Waals surface area contributed by atoms with Crippen molar-refractivity contribution in [3.05, 3.63) is 63.9 Å². The van der Waals surface area contributed by atoms with Crippen molar-refractivity contribution in [1.29, 1.82) is 0 Å². The van der Waals surface area contributed by atoms with Gasteiger partial charge in [-0.05, 0) is 30.3 Å². The minimum atomic E-state index is -0.470. The first-order chi connectivity index (χ1) is 10.1. The summed E-state index contributed by atoms with van der Waals surface area (Å²) in [7, 11) is 0.